The van der Waals surface area contributed by atoms with E-state index in [4.69, 9.17) is 4.18 Å². The van der Waals surface area contributed by atoms with Crippen molar-refractivity contribution in [3.8, 4) is 0 Å². The van der Waals surface area contributed by atoms with E-state index in [1.807, 2.05) is 53.7 Å². The van der Waals surface area contributed by atoms with Crippen LogP contribution in [-0.4, -0.2) is 15.5 Å². The molecule has 1 aromatic rings. The summed E-state index contributed by atoms with van der Waals surface area (Å²) in [5, 5.41) is 0. The summed E-state index contributed by atoms with van der Waals surface area (Å²) in [4.78, 5) is 0.356. The molecule has 0 aliphatic rings. The van der Waals surface area contributed by atoms with Gasteiger partial charge >= 0.3 is 0 Å². The standard InChI is InChI=1S/C16H26O3S.C2H6/c1-10(2)13-8-14(11(3)4)16(20(17,18)19-7)15(9-13)12(5)6;1-2/h8-12H,1-7H3;1-2H3. The molecule has 0 saturated carbocycles. The first-order chi connectivity index (χ1) is 10.1. The van der Waals surface area contributed by atoms with Gasteiger partial charge < -0.3 is 0 Å². The van der Waals surface area contributed by atoms with Crippen LogP contribution in [0.2, 0.25) is 0 Å². The van der Waals surface area contributed by atoms with E-state index in [0.717, 1.165) is 11.1 Å². The van der Waals surface area contributed by atoms with Crippen LogP contribution in [0.4, 0.5) is 0 Å². The molecular formula is C18H32O3S. The van der Waals surface area contributed by atoms with Crippen LogP contribution in [0.1, 0.15) is 89.8 Å². The molecule has 0 bridgehead atoms. The van der Waals surface area contributed by atoms with Crippen molar-refractivity contribution in [3.05, 3.63) is 28.8 Å². The number of rotatable bonds is 5. The summed E-state index contributed by atoms with van der Waals surface area (Å²) in [6.45, 7) is 16.3. The van der Waals surface area contributed by atoms with Gasteiger partial charge in [0.2, 0.25) is 0 Å². The molecule has 1 rings (SSSR count). The molecule has 0 aliphatic carbocycles. The molecular weight excluding hydrogens is 296 g/mol. The highest BCUT2D eigenvalue weighted by Gasteiger charge is 2.26. The van der Waals surface area contributed by atoms with Gasteiger partial charge in [0, 0.05) is 0 Å². The van der Waals surface area contributed by atoms with Crippen LogP contribution in [-0.2, 0) is 14.3 Å². The van der Waals surface area contributed by atoms with Crippen molar-refractivity contribution >= 4 is 10.1 Å². The predicted molar refractivity (Wildman–Crippen MR) is 94.3 cm³/mol. The molecule has 128 valence electrons. The lowest BCUT2D eigenvalue weighted by molar-refractivity contribution is 0.395. The van der Waals surface area contributed by atoms with E-state index in [2.05, 4.69) is 13.8 Å². The van der Waals surface area contributed by atoms with Gasteiger partial charge in [0.15, 0.2) is 0 Å². The molecule has 0 spiro atoms. The van der Waals surface area contributed by atoms with E-state index in [9.17, 15) is 8.42 Å². The zero-order valence-corrected chi connectivity index (χ0v) is 16.3. The molecule has 0 amide bonds. The average molecular weight is 329 g/mol. The van der Waals surface area contributed by atoms with Crippen LogP contribution < -0.4 is 0 Å². The van der Waals surface area contributed by atoms with Gasteiger partial charge in [0.25, 0.3) is 10.1 Å². The van der Waals surface area contributed by atoms with Crippen LogP contribution in [0.5, 0.6) is 0 Å². The van der Waals surface area contributed by atoms with Gasteiger partial charge in [0.05, 0.1) is 7.11 Å². The third kappa shape index (κ3) is 4.82. The lowest BCUT2D eigenvalue weighted by Crippen LogP contribution is -2.13. The quantitative estimate of drug-likeness (QED) is 0.678. The van der Waals surface area contributed by atoms with Crippen molar-refractivity contribution in [2.45, 2.75) is 78.0 Å². The van der Waals surface area contributed by atoms with Gasteiger partial charge in [-0.25, -0.2) is 0 Å². The number of hydrogen-bond acceptors (Lipinski definition) is 3. The van der Waals surface area contributed by atoms with E-state index in [-0.39, 0.29) is 11.8 Å². The highest BCUT2D eigenvalue weighted by molar-refractivity contribution is 7.86. The molecule has 4 heteroatoms. The average Bonchev–Trinajstić information content (AvgIpc) is 2.47. The molecule has 0 aliphatic heterocycles. The third-order valence-electron chi connectivity index (χ3n) is 3.55. The SMILES string of the molecule is CC.COS(=O)(=O)c1c(C(C)C)cc(C(C)C)cc1C(C)C. The van der Waals surface area contributed by atoms with E-state index in [1.54, 1.807) is 0 Å². The smallest absolute Gasteiger partial charge is 0.270 e. The highest BCUT2D eigenvalue weighted by atomic mass is 32.2. The second-order valence-corrected chi connectivity index (χ2v) is 7.76. The van der Waals surface area contributed by atoms with Gasteiger partial charge in [0.1, 0.15) is 4.90 Å². The predicted octanol–water partition coefficient (Wildman–Crippen LogP) is 5.42. The van der Waals surface area contributed by atoms with Crippen molar-refractivity contribution in [1.29, 1.82) is 0 Å². The van der Waals surface area contributed by atoms with E-state index in [0.29, 0.717) is 10.8 Å². The Labute approximate surface area is 137 Å². The second-order valence-electron chi connectivity index (χ2n) is 6.11. The molecule has 1 aromatic carbocycles. The fourth-order valence-corrected chi connectivity index (χ4v) is 3.59. The Bertz CT molecular complexity index is 541. The number of hydrogen-bond donors (Lipinski definition) is 0. The zero-order chi connectivity index (χ0) is 17.7. The minimum Gasteiger partial charge on any atom is -0.270 e. The Balaban J connectivity index is 0.00000211. The summed E-state index contributed by atoms with van der Waals surface area (Å²) >= 11 is 0. The molecule has 0 heterocycles. The van der Waals surface area contributed by atoms with E-state index in [1.165, 1.54) is 12.7 Å². The van der Waals surface area contributed by atoms with Gasteiger partial charge in [-0.3, -0.25) is 4.18 Å². The maximum absolute atomic E-state index is 12.3. The first-order valence-corrected chi connectivity index (χ1v) is 9.51. The molecule has 0 fully saturated rings. The lowest BCUT2D eigenvalue weighted by atomic mass is 9.89. The van der Waals surface area contributed by atoms with Gasteiger partial charge in [-0.2, -0.15) is 8.42 Å². The van der Waals surface area contributed by atoms with Gasteiger partial charge in [-0.15, -0.1) is 0 Å². The monoisotopic (exact) mass is 328 g/mol. The van der Waals surface area contributed by atoms with Crippen LogP contribution >= 0.6 is 0 Å². The maximum atomic E-state index is 12.3. The Morgan fingerprint density at radius 1 is 0.818 bits per heavy atom. The minimum atomic E-state index is -3.69. The second kappa shape index (κ2) is 8.68. The molecule has 0 radical (unpaired) electrons. The van der Waals surface area contributed by atoms with E-state index >= 15 is 0 Å². The van der Waals surface area contributed by atoms with Crippen LogP contribution in [0.25, 0.3) is 0 Å². The van der Waals surface area contributed by atoms with E-state index < -0.39 is 10.1 Å². The maximum Gasteiger partial charge on any atom is 0.297 e. The molecule has 0 unspecified atom stereocenters. The van der Waals surface area contributed by atoms with Crippen molar-refractivity contribution in [3.63, 3.8) is 0 Å². The molecule has 0 N–H and O–H groups in total. The van der Waals surface area contributed by atoms with Crippen molar-refractivity contribution in [1.82, 2.24) is 0 Å². The van der Waals surface area contributed by atoms with Crippen molar-refractivity contribution in [2.24, 2.45) is 0 Å². The summed E-state index contributed by atoms with van der Waals surface area (Å²) in [5.41, 5.74) is 2.87. The van der Waals surface area contributed by atoms with Crippen molar-refractivity contribution in [2.75, 3.05) is 7.11 Å². The molecule has 0 saturated heterocycles. The Morgan fingerprint density at radius 3 is 1.41 bits per heavy atom. The zero-order valence-electron chi connectivity index (χ0n) is 15.5. The summed E-state index contributed by atoms with van der Waals surface area (Å²) in [5.74, 6) is 0.626. The molecule has 22 heavy (non-hydrogen) atoms. The Hall–Kier alpha value is -0.870. The molecule has 0 aromatic heterocycles. The summed E-state index contributed by atoms with van der Waals surface area (Å²) in [6.07, 6.45) is 0. The van der Waals surface area contributed by atoms with Gasteiger partial charge in [-0.1, -0.05) is 67.5 Å². The highest BCUT2D eigenvalue weighted by Crippen LogP contribution is 2.35. The number of benzene rings is 1. The van der Waals surface area contributed by atoms with Crippen molar-refractivity contribution < 1.29 is 12.6 Å². The largest absolute Gasteiger partial charge is 0.297 e. The third-order valence-corrected chi connectivity index (χ3v) is 4.96. The Kier molecular flexibility index (Phi) is 8.34. The summed E-state index contributed by atoms with van der Waals surface area (Å²) in [7, 11) is -2.47. The fourth-order valence-electron chi connectivity index (χ4n) is 2.26. The summed E-state index contributed by atoms with van der Waals surface area (Å²) in [6, 6.07) is 4.01. The minimum absolute atomic E-state index is 0.131. The van der Waals surface area contributed by atoms with Crippen LogP contribution in [0.15, 0.2) is 17.0 Å². The fraction of sp³-hybridized carbons (Fsp3) is 0.667. The van der Waals surface area contributed by atoms with Gasteiger partial charge in [-0.05, 0) is 34.4 Å². The van der Waals surface area contributed by atoms with Crippen LogP contribution in [0, 0.1) is 0 Å². The molecule has 0 atom stereocenters. The first-order valence-electron chi connectivity index (χ1n) is 8.10. The summed E-state index contributed by atoms with van der Waals surface area (Å²) < 4.78 is 29.4. The Morgan fingerprint density at radius 2 is 1.18 bits per heavy atom. The lowest BCUT2D eigenvalue weighted by Gasteiger charge is -2.21. The van der Waals surface area contributed by atoms with Crippen LogP contribution in [0.3, 0.4) is 0 Å². The normalized spacial score (nSPS) is 11.8. The first kappa shape index (κ1) is 21.1. The molecule has 3 nitrogen and oxygen atoms in total. The topological polar surface area (TPSA) is 43.4 Å².